The van der Waals surface area contributed by atoms with E-state index in [2.05, 4.69) is 4.98 Å². The third-order valence-electron chi connectivity index (χ3n) is 3.61. The summed E-state index contributed by atoms with van der Waals surface area (Å²) in [5, 5.41) is 10.4. The van der Waals surface area contributed by atoms with Gasteiger partial charge in [-0.05, 0) is 36.4 Å². The van der Waals surface area contributed by atoms with Crippen LogP contribution >= 0.6 is 11.6 Å². The fourth-order valence-electron chi connectivity index (χ4n) is 2.38. The van der Waals surface area contributed by atoms with Crippen LogP contribution in [0.4, 0.5) is 0 Å². The molecule has 0 aliphatic rings. The van der Waals surface area contributed by atoms with Crippen molar-refractivity contribution < 1.29 is 13.5 Å². The zero-order valence-corrected chi connectivity index (χ0v) is 14.4. The zero-order chi connectivity index (χ0) is 17.6. The maximum Gasteiger partial charge on any atom is 0.331 e. The molecular formula is C15H14ClN3O4S. The number of hydrogen-bond acceptors (Lipinski definition) is 4. The molecule has 24 heavy (non-hydrogen) atoms. The van der Waals surface area contributed by atoms with E-state index in [1.165, 1.54) is 55.1 Å². The van der Waals surface area contributed by atoms with Gasteiger partial charge >= 0.3 is 5.69 Å². The van der Waals surface area contributed by atoms with Crippen LogP contribution in [-0.2, 0) is 10.0 Å². The fourth-order valence-corrected chi connectivity index (χ4v) is 3.47. The van der Waals surface area contributed by atoms with Crippen molar-refractivity contribution in [3.63, 3.8) is 0 Å². The van der Waals surface area contributed by atoms with Gasteiger partial charge in [-0.2, -0.15) is 0 Å². The molecule has 0 bridgehead atoms. The number of aromatic amines is 1. The number of halogens is 1. The van der Waals surface area contributed by atoms with Crippen molar-refractivity contribution in [3.8, 4) is 11.4 Å². The number of nitrogens with one attached hydrogen (secondary N) is 1. The van der Waals surface area contributed by atoms with Gasteiger partial charge in [0.05, 0.1) is 21.6 Å². The highest BCUT2D eigenvalue weighted by Gasteiger charge is 2.20. The van der Waals surface area contributed by atoms with Gasteiger partial charge in [0.2, 0.25) is 10.0 Å². The maximum absolute atomic E-state index is 12.3. The van der Waals surface area contributed by atoms with Gasteiger partial charge in [0.25, 0.3) is 0 Å². The summed E-state index contributed by atoms with van der Waals surface area (Å²) in [6.45, 7) is 0. The molecule has 3 rings (SSSR count). The van der Waals surface area contributed by atoms with Crippen LogP contribution in [0.3, 0.4) is 0 Å². The highest BCUT2D eigenvalue weighted by atomic mass is 35.5. The van der Waals surface area contributed by atoms with Gasteiger partial charge in [0.1, 0.15) is 5.75 Å². The van der Waals surface area contributed by atoms with E-state index in [1.807, 2.05) is 0 Å². The first-order chi connectivity index (χ1) is 11.2. The number of phenolic OH excluding ortho intramolecular Hbond substituents is 1. The van der Waals surface area contributed by atoms with E-state index in [-0.39, 0.29) is 16.3 Å². The largest absolute Gasteiger partial charge is 0.506 e. The minimum absolute atomic E-state index is 0.0590. The first-order valence-electron chi connectivity index (χ1n) is 6.88. The number of rotatable bonds is 3. The molecule has 0 saturated carbocycles. The Morgan fingerprint density at radius 2 is 1.88 bits per heavy atom. The van der Waals surface area contributed by atoms with Gasteiger partial charge in [-0.3, -0.25) is 4.57 Å². The number of sulfonamides is 1. The predicted molar refractivity (Wildman–Crippen MR) is 91.4 cm³/mol. The lowest BCUT2D eigenvalue weighted by molar-refractivity contribution is 0.472. The highest BCUT2D eigenvalue weighted by Crippen LogP contribution is 2.28. The molecule has 0 fully saturated rings. The van der Waals surface area contributed by atoms with Gasteiger partial charge in [0.15, 0.2) is 0 Å². The van der Waals surface area contributed by atoms with Crippen molar-refractivity contribution in [1.82, 2.24) is 13.9 Å². The number of benzene rings is 2. The summed E-state index contributed by atoms with van der Waals surface area (Å²) in [4.78, 5) is 14.9. The third-order valence-corrected chi connectivity index (χ3v) is 5.66. The second kappa shape index (κ2) is 5.66. The summed E-state index contributed by atoms with van der Waals surface area (Å²) in [5.41, 5.74) is 0.460. The molecule has 0 radical (unpaired) electrons. The molecule has 0 spiro atoms. The molecule has 2 aromatic carbocycles. The average molecular weight is 368 g/mol. The van der Waals surface area contributed by atoms with E-state index in [4.69, 9.17) is 11.6 Å². The van der Waals surface area contributed by atoms with E-state index >= 15 is 0 Å². The molecule has 1 heterocycles. The Morgan fingerprint density at radius 3 is 2.54 bits per heavy atom. The topological polar surface area (TPSA) is 95.4 Å². The minimum Gasteiger partial charge on any atom is -0.506 e. The molecule has 0 unspecified atom stereocenters. The zero-order valence-electron chi connectivity index (χ0n) is 12.8. The quantitative estimate of drug-likeness (QED) is 0.739. The van der Waals surface area contributed by atoms with Crippen LogP contribution in [0.1, 0.15) is 0 Å². The number of fused-ring (bicyclic) bond motifs is 1. The predicted octanol–water partition coefficient (Wildman–Crippen LogP) is 1.93. The third kappa shape index (κ3) is 2.58. The molecule has 0 aliphatic carbocycles. The number of aromatic hydroxyl groups is 1. The molecule has 9 heteroatoms. The average Bonchev–Trinajstić information content (AvgIpc) is 2.84. The number of nitrogens with zero attached hydrogens (tertiary/aromatic N) is 2. The Labute approximate surface area is 142 Å². The Kier molecular flexibility index (Phi) is 3.90. The summed E-state index contributed by atoms with van der Waals surface area (Å²) < 4.78 is 26.7. The van der Waals surface area contributed by atoms with E-state index in [0.717, 1.165) is 4.31 Å². The first kappa shape index (κ1) is 16.6. The summed E-state index contributed by atoms with van der Waals surface area (Å²) in [6, 6.07) is 8.63. The van der Waals surface area contributed by atoms with Crippen LogP contribution in [0, 0.1) is 0 Å². The van der Waals surface area contributed by atoms with Crippen LogP contribution in [-0.4, -0.2) is 41.5 Å². The van der Waals surface area contributed by atoms with E-state index in [0.29, 0.717) is 16.1 Å². The second-order valence-corrected chi connectivity index (χ2v) is 7.95. The van der Waals surface area contributed by atoms with Gasteiger partial charge in [0, 0.05) is 19.1 Å². The normalized spacial score (nSPS) is 12.2. The molecular weight excluding hydrogens is 354 g/mol. The second-order valence-electron chi connectivity index (χ2n) is 5.36. The lowest BCUT2D eigenvalue weighted by atomic mass is 10.2. The van der Waals surface area contributed by atoms with Gasteiger partial charge in [-0.1, -0.05) is 11.6 Å². The van der Waals surface area contributed by atoms with Gasteiger partial charge in [-0.15, -0.1) is 0 Å². The lowest BCUT2D eigenvalue weighted by Crippen LogP contribution is -2.22. The van der Waals surface area contributed by atoms with Crippen molar-refractivity contribution in [2.75, 3.05) is 14.1 Å². The van der Waals surface area contributed by atoms with Crippen LogP contribution < -0.4 is 5.69 Å². The molecule has 0 atom stereocenters. The van der Waals surface area contributed by atoms with Gasteiger partial charge < -0.3 is 10.1 Å². The number of aromatic nitrogens is 2. The summed E-state index contributed by atoms with van der Waals surface area (Å²) in [6.07, 6.45) is 0. The first-order valence-corrected chi connectivity index (χ1v) is 8.70. The molecule has 0 amide bonds. The molecule has 7 nitrogen and oxygen atoms in total. The van der Waals surface area contributed by atoms with Crippen molar-refractivity contribution >= 4 is 32.7 Å². The standard InChI is InChI=1S/C15H14ClN3O4S/c1-18(2)24(22,23)10-4-5-12-11(8-10)17-15(21)19(12)13-7-9(16)3-6-14(13)20/h3-8,20H,1-2H3,(H,17,21). The SMILES string of the molecule is CN(C)S(=O)(=O)c1ccc2c(c1)[nH]c(=O)n2-c1cc(Cl)ccc1O. The Morgan fingerprint density at radius 1 is 1.17 bits per heavy atom. The van der Waals surface area contributed by atoms with Crippen molar-refractivity contribution in [2.24, 2.45) is 0 Å². The highest BCUT2D eigenvalue weighted by molar-refractivity contribution is 7.89. The summed E-state index contributed by atoms with van der Waals surface area (Å²) in [5.74, 6) is -0.118. The van der Waals surface area contributed by atoms with Gasteiger partial charge in [-0.25, -0.2) is 17.5 Å². The molecule has 1 aromatic heterocycles. The lowest BCUT2D eigenvalue weighted by Gasteiger charge is -2.11. The summed E-state index contributed by atoms with van der Waals surface area (Å²) in [7, 11) is -0.764. The Balaban J connectivity index is 2.28. The van der Waals surface area contributed by atoms with E-state index in [1.54, 1.807) is 0 Å². The molecule has 3 aromatic rings. The molecule has 0 saturated heterocycles. The van der Waals surface area contributed by atoms with E-state index < -0.39 is 15.7 Å². The number of imidazole rings is 1. The monoisotopic (exact) mass is 367 g/mol. The molecule has 2 N–H and O–H groups in total. The Bertz CT molecular complexity index is 1100. The number of hydrogen-bond donors (Lipinski definition) is 2. The fraction of sp³-hybridized carbons (Fsp3) is 0.133. The Hall–Kier alpha value is -2.29. The minimum atomic E-state index is -3.62. The number of phenols is 1. The van der Waals surface area contributed by atoms with Crippen molar-refractivity contribution in [1.29, 1.82) is 0 Å². The number of H-pyrrole nitrogens is 1. The maximum atomic E-state index is 12.3. The van der Waals surface area contributed by atoms with Crippen LogP contribution in [0.25, 0.3) is 16.7 Å². The summed E-state index contributed by atoms with van der Waals surface area (Å²) >= 11 is 5.94. The van der Waals surface area contributed by atoms with E-state index in [9.17, 15) is 18.3 Å². The molecule has 126 valence electrons. The van der Waals surface area contributed by atoms with Crippen LogP contribution in [0.2, 0.25) is 5.02 Å². The van der Waals surface area contributed by atoms with Crippen molar-refractivity contribution in [3.05, 3.63) is 51.9 Å². The molecule has 0 aliphatic heterocycles. The van der Waals surface area contributed by atoms with Crippen LogP contribution in [0.5, 0.6) is 5.75 Å². The van der Waals surface area contributed by atoms with Crippen LogP contribution in [0.15, 0.2) is 46.1 Å². The van der Waals surface area contributed by atoms with Crippen molar-refractivity contribution in [2.45, 2.75) is 4.90 Å². The smallest absolute Gasteiger partial charge is 0.331 e.